The predicted octanol–water partition coefficient (Wildman–Crippen LogP) is 1.17. The number of hydrogen-bond acceptors (Lipinski definition) is 3. The fourth-order valence-corrected chi connectivity index (χ4v) is 1.73. The number of hydrogen-bond donors (Lipinski definition) is 1. The molecule has 71 valence electrons. The first-order valence-corrected chi connectivity index (χ1v) is 4.55. The first-order valence-electron chi connectivity index (χ1n) is 4.55. The molecule has 2 aliphatic rings. The molecule has 1 aromatic carbocycles. The van der Waals surface area contributed by atoms with Gasteiger partial charge in [-0.25, -0.2) is 10.4 Å². The molecule has 1 atom stereocenters. The van der Waals surface area contributed by atoms with Crippen LogP contribution in [0.15, 0.2) is 36.2 Å². The van der Waals surface area contributed by atoms with Gasteiger partial charge in [0.2, 0.25) is 5.88 Å². The maximum Gasteiger partial charge on any atom is 0.206 e. The topological polar surface area (TPSA) is 48.3 Å². The SMILES string of the molecule is [NH]c1cccc(N2NC3C=C2OC3)c1. The minimum absolute atomic E-state index is 0.291. The van der Waals surface area contributed by atoms with Crippen LogP contribution in [0, 0.1) is 0 Å². The Bertz CT molecular complexity index is 402. The second-order valence-electron chi connectivity index (χ2n) is 3.44. The molecule has 0 saturated carbocycles. The molecule has 2 aliphatic heterocycles. The van der Waals surface area contributed by atoms with Gasteiger partial charge in [-0.3, -0.25) is 0 Å². The highest BCUT2D eigenvalue weighted by Gasteiger charge is 2.31. The van der Waals surface area contributed by atoms with E-state index in [2.05, 4.69) is 11.5 Å². The van der Waals surface area contributed by atoms with Gasteiger partial charge in [-0.05, 0) is 24.3 Å². The summed E-state index contributed by atoms with van der Waals surface area (Å²) >= 11 is 0. The number of rotatable bonds is 1. The molecule has 14 heavy (non-hydrogen) atoms. The first-order chi connectivity index (χ1) is 6.83. The minimum Gasteiger partial charge on any atom is -0.476 e. The van der Waals surface area contributed by atoms with Crippen LogP contribution in [0.25, 0.3) is 0 Å². The van der Waals surface area contributed by atoms with Crippen molar-refractivity contribution in [1.29, 1.82) is 0 Å². The van der Waals surface area contributed by atoms with Crippen molar-refractivity contribution in [2.45, 2.75) is 6.04 Å². The van der Waals surface area contributed by atoms with E-state index in [0.29, 0.717) is 18.3 Å². The average molecular weight is 188 g/mol. The fourth-order valence-electron chi connectivity index (χ4n) is 1.73. The molecular formula is C10H10N3O. The van der Waals surface area contributed by atoms with Gasteiger partial charge in [0.15, 0.2) is 0 Å². The van der Waals surface area contributed by atoms with Gasteiger partial charge in [0, 0.05) is 0 Å². The third kappa shape index (κ3) is 1.04. The Labute approximate surface area is 81.9 Å². The van der Waals surface area contributed by atoms with Gasteiger partial charge in [-0.2, -0.15) is 0 Å². The number of hydrazine groups is 1. The van der Waals surface area contributed by atoms with E-state index in [1.54, 1.807) is 12.1 Å². The molecule has 0 spiro atoms. The van der Waals surface area contributed by atoms with Crippen molar-refractivity contribution in [3.63, 3.8) is 0 Å². The third-order valence-electron chi connectivity index (χ3n) is 2.37. The van der Waals surface area contributed by atoms with Crippen LogP contribution < -0.4 is 16.2 Å². The number of anilines is 1. The molecule has 1 radical (unpaired) electrons. The van der Waals surface area contributed by atoms with E-state index in [9.17, 15) is 0 Å². The number of nitrogens with one attached hydrogen (secondary N) is 2. The molecular weight excluding hydrogens is 178 g/mol. The maximum absolute atomic E-state index is 7.52. The van der Waals surface area contributed by atoms with Crippen molar-refractivity contribution < 1.29 is 4.74 Å². The van der Waals surface area contributed by atoms with E-state index in [1.165, 1.54) is 0 Å². The van der Waals surface area contributed by atoms with E-state index < -0.39 is 0 Å². The number of nitrogens with zero attached hydrogens (tertiary/aromatic N) is 1. The summed E-state index contributed by atoms with van der Waals surface area (Å²) in [7, 11) is 0. The van der Waals surface area contributed by atoms with Crippen LogP contribution in [0.2, 0.25) is 0 Å². The first kappa shape index (κ1) is 7.70. The summed E-state index contributed by atoms with van der Waals surface area (Å²) in [5, 5.41) is 1.88. The zero-order valence-corrected chi connectivity index (χ0v) is 7.53. The van der Waals surface area contributed by atoms with Crippen molar-refractivity contribution in [3.05, 3.63) is 36.2 Å². The molecule has 2 N–H and O–H groups in total. The summed E-state index contributed by atoms with van der Waals surface area (Å²) in [6, 6.07) is 7.67. The van der Waals surface area contributed by atoms with Crippen LogP contribution in [0.5, 0.6) is 0 Å². The molecule has 3 rings (SSSR count). The summed E-state index contributed by atoms with van der Waals surface area (Å²) in [6.45, 7) is 0.715. The van der Waals surface area contributed by atoms with Gasteiger partial charge >= 0.3 is 0 Å². The molecule has 1 unspecified atom stereocenters. The molecule has 2 bridgehead atoms. The van der Waals surface area contributed by atoms with Gasteiger partial charge < -0.3 is 10.5 Å². The van der Waals surface area contributed by atoms with Crippen LogP contribution in [-0.4, -0.2) is 12.6 Å². The van der Waals surface area contributed by atoms with Crippen molar-refractivity contribution in [1.82, 2.24) is 11.2 Å². The van der Waals surface area contributed by atoms with E-state index in [1.807, 2.05) is 17.1 Å². The second-order valence-corrected chi connectivity index (χ2v) is 3.44. The van der Waals surface area contributed by atoms with Crippen molar-refractivity contribution in [2.75, 3.05) is 11.6 Å². The summed E-state index contributed by atoms with van der Waals surface area (Å²) < 4.78 is 5.42. The quantitative estimate of drug-likeness (QED) is 0.719. The molecule has 0 saturated heterocycles. The zero-order valence-electron chi connectivity index (χ0n) is 7.53. The predicted molar refractivity (Wildman–Crippen MR) is 52.6 cm³/mol. The van der Waals surface area contributed by atoms with E-state index in [-0.39, 0.29) is 0 Å². The normalized spacial score (nSPS) is 23.6. The minimum atomic E-state index is 0.291. The van der Waals surface area contributed by atoms with Gasteiger partial charge in [-0.15, -0.1) is 0 Å². The lowest BCUT2D eigenvalue weighted by Gasteiger charge is -2.27. The summed E-state index contributed by atoms with van der Waals surface area (Å²) in [6.07, 6.45) is 2.05. The van der Waals surface area contributed by atoms with Crippen molar-refractivity contribution >= 4 is 11.4 Å². The number of benzene rings is 1. The highest BCUT2D eigenvalue weighted by atomic mass is 16.5. The van der Waals surface area contributed by atoms with Gasteiger partial charge in [0.1, 0.15) is 6.61 Å². The smallest absolute Gasteiger partial charge is 0.206 e. The molecule has 4 nitrogen and oxygen atoms in total. The Morgan fingerprint density at radius 1 is 1.50 bits per heavy atom. The van der Waals surface area contributed by atoms with E-state index in [4.69, 9.17) is 10.5 Å². The van der Waals surface area contributed by atoms with Crippen molar-refractivity contribution in [2.24, 2.45) is 0 Å². The molecule has 0 fully saturated rings. The maximum atomic E-state index is 7.52. The van der Waals surface area contributed by atoms with Crippen LogP contribution in [0.4, 0.5) is 11.4 Å². The van der Waals surface area contributed by atoms with Gasteiger partial charge in [0.05, 0.1) is 17.4 Å². The average Bonchev–Trinajstić information content (AvgIpc) is 2.78. The molecule has 1 aromatic rings. The van der Waals surface area contributed by atoms with Crippen molar-refractivity contribution in [3.8, 4) is 0 Å². The number of ether oxygens (including phenoxy) is 1. The summed E-state index contributed by atoms with van der Waals surface area (Å²) in [5.41, 5.74) is 12.2. The largest absolute Gasteiger partial charge is 0.476 e. The number of fused-ring (bicyclic) bond motifs is 1. The molecule has 0 aliphatic carbocycles. The molecule has 4 heteroatoms. The van der Waals surface area contributed by atoms with Crippen LogP contribution in [0.1, 0.15) is 0 Å². The standard InChI is InChI=1S/C10H10N3O/c11-7-2-1-3-9(4-7)13-10-5-8(12-13)6-14-10/h1-5,8,11-12H,6H2. The van der Waals surface area contributed by atoms with Gasteiger partial charge in [-0.1, -0.05) is 6.07 Å². The Hall–Kier alpha value is -1.68. The van der Waals surface area contributed by atoms with E-state index in [0.717, 1.165) is 11.6 Å². The monoisotopic (exact) mass is 188 g/mol. The summed E-state index contributed by atoms with van der Waals surface area (Å²) in [5.74, 6) is 0.848. The zero-order chi connectivity index (χ0) is 9.54. The van der Waals surface area contributed by atoms with Gasteiger partial charge in [0.25, 0.3) is 0 Å². The van der Waals surface area contributed by atoms with Crippen LogP contribution in [-0.2, 0) is 4.74 Å². The lowest BCUT2D eigenvalue weighted by Crippen LogP contribution is -2.43. The second kappa shape index (κ2) is 2.65. The highest BCUT2D eigenvalue weighted by molar-refractivity contribution is 5.58. The Morgan fingerprint density at radius 3 is 3.07 bits per heavy atom. The molecule has 2 heterocycles. The molecule has 0 amide bonds. The lowest BCUT2D eigenvalue weighted by molar-refractivity contribution is 0.180. The highest BCUT2D eigenvalue weighted by Crippen LogP contribution is 2.28. The third-order valence-corrected chi connectivity index (χ3v) is 2.37. The molecule has 0 aromatic heterocycles. The Balaban J connectivity index is 1.93. The Morgan fingerprint density at radius 2 is 2.43 bits per heavy atom. The van der Waals surface area contributed by atoms with E-state index >= 15 is 0 Å². The Kier molecular flexibility index (Phi) is 1.46. The fraction of sp³-hybridized carbons (Fsp3) is 0.200. The van der Waals surface area contributed by atoms with Crippen LogP contribution in [0.3, 0.4) is 0 Å². The lowest BCUT2D eigenvalue weighted by atomic mass is 10.3. The summed E-state index contributed by atoms with van der Waals surface area (Å²) in [4.78, 5) is 0. The van der Waals surface area contributed by atoms with Crippen LogP contribution >= 0.6 is 0 Å².